The van der Waals surface area contributed by atoms with Crippen molar-refractivity contribution >= 4 is 17.0 Å². The molecule has 0 amide bonds. The Morgan fingerprint density at radius 3 is 2.82 bits per heavy atom. The van der Waals surface area contributed by atoms with Gasteiger partial charge in [-0.1, -0.05) is 6.92 Å². The van der Waals surface area contributed by atoms with E-state index in [1.807, 2.05) is 12.1 Å². The molecule has 4 heteroatoms. The summed E-state index contributed by atoms with van der Waals surface area (Å²) >= 11 is 0. The molecule has 88 valence electrons. The lowest BCUT2D eigenvalue weighted by Gasteiger charge is -2.17. The minimum absolute atomic E-state index is 0.723. The molecule has 2 aromatic rings. The summed E-state index contributed by atoms with van der Waals surface area (Å²) in [6, 6.07) is 4.00. The Kier molecular flexibility index (Phi) is 2.42. The molecule has 3 rings (SSSR count). The van der Waals surface area contributed by atoms with E-state index in [-0.39, 0.29) is 0 Å². The van der Waals surface area contributed by atoms with Crippen molar-refractivity contribution in [2.45, 2.75) is 13.3 Å². The molecular formula is C13H16N4. The van der Waals surface area contributed by atoms with E-state index < -0.39 is 0 Å². The predicted octanol–water partition coefficient (Wildman–Crippen LogP) is 2.12. The van der Waals surface area contributed by atoms with E-state index in [9.17, 15) is 0 Å². The fourth-order valence-electron chi connectivity index (χ4n) is 2.16. The zero-order valence-corrected chi connectivity index (χ0v) is 10.2. The van der Waals surface area contributed by atoms with Crippen LogP contribution in [0.15, 0.2) is 24.5 Å². The minimum atomic E-state index is 0.723. The van der Waals surface area contributed by atoms with E-state index in [0.717, 1.165) is 35.4 Å². The van der Waals surface area contributed by atoms with E-state index >= 15 is 0 Å². The highest BCUT2D eigenvalue weighted by molar-refractivity contribution is 5.71. The molecule has 1 aliphatic carbocycles. The largest absolute Gasteiger partial charge is 0.359 e. The summed E-state index contributed by atoms with van der Waals surface area (Å²) in [5, 5.41) is 0. The number of rotatable bonds is 3. The number of anilines is 1. The Morgan fingerprint density at radius 1 is 1.29 bits per heavy atom. The highest BCUT2D eigenvalue weighted by Gasteiger charge is 2.33. The molecule has 0 aliphatic heterocycles. The van der Waals surface area contributed by atoms with E-state index in [1.54, 1.807) is 12.4 Å². The van der Waals surface area contributed by atoms with E-state index in [4.69, 9.17) is 0 Å². The van der Waals surface area contributed by atoms with Crippen LogP contribution in [-0.4, -0.2) is 28.5 Å². The van der Waals surface area contributed by atoms with Crippen LogP contribution < -0.4 is 4.90 Å². The minimum Gasteiger partial charge on any atom is -0.359 e. The van der Waals surface area contributed by atoms with Gasteiger partial charge in [-0.15, -0.1) is 0 Å². The standard InChI is InChI=1S/C13H16N4/c1-9-7-10(9)8-17(2)12-4-3-11-13(16-12)15-6-5-14-11/h3-6,9-10H,7-8H2,1-2H3. The topological polar surface area (TPSA) is 41.9 Å². The number of pyridine rings is 1. The van der Waals surface area contributed by atoms with Gasteiger partial charge in [0.2, 0.25) is 0 Å². The number of fused-ring (bicyclic) bond motifs is 1. The zero-order valence-electron chi connectivity index (χ0n) is 10.2. The molecule has 1 saturated carbocycles. The van der Waals surface area contributed by atoms with Gasteiger partial charge in [-0.25, -0.2) is 9.97 Å². The maximum atomic E-state index is 4.53. The van der Waals surface area contributed by atoms with Gasteiger partial charge in [0.15, 0.2) is 5.65 Å². The molecule has 0 spiro atoms. The SMILES string of the molecule is CC1CC1CN(C)c1ccc2nccnc2n1. The van der Waals surface area contributed by atoms with Crippen molar-refractivity contribution in [3.05, 3.63) is 24.5 Å². The molecule has 2 atom stereocenters. The average molecular weight is 228 g/mol. The summed E-state index contributed by atoms with van der Waals surface area (Å²) in [6.07, 6.45) is 4.72. The summed E-state index contributed by atoms with van der Waals surface area (Å²) < 4.78 is 0. The van der Waals surface area contributed by atoms with Crippen molar-refractivity contribution in [2.24, 2.45) is 11.8 Å². The molecule has 2 aromatic heterocycles. The van der Waals surface area contributed by atoms with Gasteiger partial charge in [-0.2, -0.15) is 0 Å². The smallest absolute Gasteiger partial charge is 0.180 e. The van der Waals surface area contributed by atoms with Crippen molar-refractivity contribution in [1.29, 1.82) is 0 Å². The van der Waals surface area contributed by atoms with Gasteiger partial charge in [0, 0.05) is 26.0 Å². The Hall–Kier alpha value is -1.71. The van der Waals surface area contributed by atoms with E-state index in [2.05, 4.69) is 33.8 Å². The van der Waals surface area contributed by atoms with Crippen LogP contribution in [0.25, 0.3) is 11.2 Å². The Morgan fingerprint density at radius 2 is 2.06 bits per heavy atom. The number of hydrogen-bond acceptors (Lipinski definition) is 4. The second-order valence-corrected chi connectivity index (χ2v) is 4.92. The molecule has 2 heterocycles. The maximum Gasteiger partial charge on any atom is 0.180 e. The molecule has 2 unspecified atom stereocenters. The first-order valence-corrected chi connectivity index (χ1v) is 6.03. The number of nitrogens with zero attached hydrogens (tertiary/aromatic N) is 4. The summed E-state index contributed by atoms with van der Waals surface area (Å²) in [7, 11) is 2.09. The molecule has 0 bridgehead atoms. The highest BCUT2D eigenvalue weighted by atomic mass is 15.2. The molecule has 0 aromatic carbocycles. The average Bonchev–Trinajstić information content (AvgIpc) is 3.04. The van der Waals surface area contributed by atoms with E-state index in [1.165, 1.54) is 6.42 Å². The van der Waals surface area contributed by atoms with Crippen molar-refractivity contribution in [3.8, 4) is 0 Å². The summed E-state index contributed by atoms with van der Waals surface area (Å²) in [4.78, 5) is 15.2. The van der Waals surface area contributed by atoms with Crippen molar-refractivity contribution < 1.29 is 0 Å². The lowest BCUT2D eigenvalue weighted by atomic mass is 10.3. The fourth-order valence-corrected chi connectivity index (χ4v) is 2.16. The van der Waals surface area contributed by atoms with E-state index in [0.29, 0.717) is 0 Å². The Labute approximate surface area is 101 Å². The van der Waals surface area contributed by atoms with Gasteiger partial charge >= 0.3 is 0 Å². The molecule has 0 saturated heterocycles. The lowest BCUT2D eigenvalue weighted by molar-refractivity contribution is 0.720. The van der Waals surface area contributed by atoms with Crippen molar-refractivity contribution in [3.63, 3.8) is 0 Å². The normalized spacial score (nSPS) is 22.7. The molecular weight excluding hydrogens is 212 g/mol. The van der Waals surface area contributed by atoms with Gasteiger partial charge in [-0.3, -0.25) is 4.98 Å². The fraction of sp³-hybridized carbons (Fsp3) is 0.462. The zero-order chi connectivity index (χ0) is 11.8. The van der Waals surface area contributed by atoms with Crippen molar-refractivity contribution in [2.75, 3.05) is 18.5 Å². The molecule has 17 heavy (non-hydrogen) atoms. The summed E-state index contributed by atoms with van der Waals surface area (Å²) in [6.45, 7) is 3.39. The second-order valence-electron chi connectivity index (χ2n) is 4.92. The molecule has 1 fully saturated rings. The Balaban J connectivity index is 1.84. The molecule has 4 nitrogen and oxygen atoms in total. The van der Waals surface area contributed by atoms with Gasteiger partial charge in [0.05, 0.1) is 0 Å². The Bertz CT molecular complexity index is 540. The van der Waals surface area contributed by atoms with Crippen LogP contribution in [0.3, 0.4) is 0 Å². The van der Waals surface area contributed by atoms with Crippen molar-refractivity contribution in [1.82, 2.24) is 15.0 Å². The number of hydrogen-bond donors (Lipinski definition) is 0. The van der Waals surface area contributed by atoms with Crippen LogP contribution in [0.5, 0.6) is 0 Å². The predicted molar refractivity (Wildman–Crippen MR) is 67.9 cm³/mol. The third-order valence-electron chi connectivity index (χ3n) is 3.49. The first kappa shape index (κ1) is 10.4. The molecule has 1 aliphatic rings. The molecule has 0 N–H and O–H groups in total. The van der Waals surface area contributed by atoms with Gasteiger partial charge in [-0.05, 0) is 30.4 Å². The van der Waals surface area contributed by atoms with Crippen LogP contribution in [0.2, 0.25) is 0 Å². The third kappa shape index (κ3) is 2.07. The van der Waals surface area contributed by atoms with Gasteiger partial charge in [0.25, 0.3) is 0 Å². The third-order valence-corrected chi connectivity index (χ3v) is 3.49. The first-order valence-electron chi connectivity index (χ1n) is 6.03. The quantitative estimate of drug-likeness (QED) is 0.807. The molecule has 0 radical (unpaired) electrons. The first-order chi connectivity index (χ1) is 8.24. The monoisotopic (exact) mass is 228 g/mol. The van der Waals surface area contributed by atoms with Crippen LogP contribution in [0.4, 0.5) is 5.82 Å². The van der Waals surface area contributed by atoms with Crippen LogP contribution in [-0.2, 0) is 0 Å². The van der Waals surface area contributed by atoms with Gasteiger partial charge in [0.1, 0.15) is 11.3 Å². The second kappa shape index (κ2) is 3.95. The lowest BCUT2D eigenvalue weighted by Crippen LogP contribution is -2.21. The summed E-state index contributed by atoms with van der Waals surface area (Å²) in [5.41, 5.74) is 1.57. The van der Waals surface area contributed by atoms with Crippen LogP contribution in [0.1, 0.15) is 13.3 Å². The van der Waals surface area contributed by atoms with Gasteiger partial charge < -0.3 is 4.90 Å². The maximum absolute atomic E-state index is 4.53. The van der Waals surface area contributed by atoms with Crippen LogP contribution >= 0.6 is 0 Å². The number of aromatic nitrogens is 3. The summed E-state index contributed by atoms with van der Waals surface area (Å²) in [5.74, 6) is 2.69. The van der Waals surface area contributed by atoms with Crippen LogP contribution in [0, 0.1) is 11.8 Å². The highest BCUT2D eigenvalue weighted by Crippen LogP contribution is 2.38.